The summed E-state index contributed by atoms with van der Waals surface area (Å²) in [5.41, 5.74) is 1.13. The average Bonchev–Trinajstić information content (AvgIpc) is 3.05. The van der Waals surface area contributed by atoms with Gasteiger partial charge in [-0.25, -0.2) is 0 Å². The summed E-state index contributed by atoms with van der Waals surface area (Å²) >= 11 is 0. The molecule has 1 aliphatic rings. The van der Waals surface area contributed by atoms with Gasteiger partial charge in [0.1, 0.15) is 0 Å². The summed E-state index contributed by atoms with van der Waals surface area (Å²) in [6.07, 6.45) is 1.14. The predicted octanol–water partition coefficient (Wildman–Crippen LogP) is 2.76. The highest BCUT2D eigenvalue weighted by Gasteiger charge is 2.24. The minimum atomic E-state index is 0. The molecule has 1 heterocycles. The summed E-state index contributed by atoms with van der Waals surface area (Å²) in [6.45, 7) is 6.09. The molecular formula is C18H30IN3O3. The molecule has 25 heavy (non-hydrogen) atoms. The van der Waals surface area contributed by atoms with Crippen LogP contribution in [0.4, 0.5) is 0 Å². The van der Waals surface area contributed by atoms with E-state index < -0.39 is 0 Å². The van der Waals surface area contributed by atoms with Crippen LogP contribution in [0.2, 0.25) is 0 Å². The van der Waals surface area contributed by atoms with Gasteiger partial charge >= 0.3 is 0 Å². The number of likely N-dealkylation sites (tertiary alicyclic amines) is 1. The zero-order valence-corrected chi connectivity index (χ0v) is 17.9. The number of benzene rings is 1. The number of hydrogen-bond donors (Lipinski definition) is 1. The Bertz CT molecular complexity index is 554. The fourth-order valence-corrected chi connectivity index (χ4v) is 3.01. The van der Waals surface area contributed by atoms with Crippen molar-refractivity contribution in [2.75, 3.05) is 47.6 Å². The maximum atomic E-state index is 5.64. The van der Waals surface area contributed by atoms with Gasteiger partial charge in [-0.1, -0.05) is 6.07 Å². The van der Waals surface area contributed by atoms with E-state index >= 15 is 0 Å². The molecule has 1 aromatic carbocycles. The molecule has 0 bridgehead atoms. The highest BCUT2D eigenvalue weighted by atomic mass is 127. The second kappa shape index (κ2) is 11.4. The smallest absolute Gasteiger partial charge is 0.193 e. The van der Waals surface area contributed by atoms with E-state index in [-0.39, 0.29) is 24.0 Å². The van der Waals surface area contributed by atoms with Crippen LogP contribution in [0, 0.1) is 5.92 Å². The molecule has 7 heteroatoms. The first-order chi connectivity index (χ1) is 11.7. The van der Waals surface area contributed by atoms with Gasteiger partial charge in [0.15, 0.2) is 17.5 Å². The summed E-state index contributed by atoms with van der Waals surface area (Å²) in [6, 6.07) is 5.99. The Hall–Kier alpha value is -1.22. The van der Waals surface area contributed by atoms with Gasteiger partial charge in [-0.15, -0.1) is 24.0 Å². The fourth-order valence-electron chi connectivity index (χ4n) is 3.01. The molecule has 0 radical (unpaired) electrons. The molecule has 1 atom stereocenters. The number of guanidine groups is 1. The van der Waals surface area contributed by atoms with Crippen molar-refractivity contribution >= 4 is 29.9 Å². The first kappa shape index (κ1) is 21.8. The average molecular weight is 463 g/mol. The molecular weight excluding hydrogens is 433 g/mol. The highest BCUT2D eigenvalue weighted by Crippen LogP contribution is 2.28. The van der Waals surface area contributed by atoms with Crippen molar-refractivity contribution in [2.24, 2.45) is 10.9 Å². The lowest BCUT2D eigenvalue weighted by Gasteiger charge is -2.22. The Balaban J connectivity index is 0.00000312. The molecule has 0 saturated carbocycles. The molecule has 0 amide bonds. The predicted molar refractivity (Wildman–Crippen MR) is 111 cm³/mol. The van der Waals surface area contributed by atoms with E-state index in [0.717, 1.165) is 49.1 Å². The van der Waals surface area contributed by atoms with Crippen molar-refractivity contribution in [3.63, 3.8) is 0 Å². The number of nitrogens with one attached hydrogen (secondary N) is 1. The van der Waals surface area contributed by atoms with Crippen LogP contribution in [0.1, 0.15) is 18.9 Å². The Labute approximate surface area is 167 Å². The van der Waals surface area contributed by atoms with E-state index in [0.29, 0.717) is 19.1 Å². The Morgan fingerprint density at radius 3 is 2.76 bits per heavy atom. The first-order valence-corrected chi connectivity index (χ1v) is 8.46. The summed E-state index contributed by atoms with van der Waals surface area (Å²) in [7, 11) is 5.24. The number of ether oxygens (including phenoxy) is 3. The molecule has 1 aliphatic heterocycles. The number of hydrogen-bond acceptors (Lipinski definition) is 4. The van der Waals surface area contributed by atoms with Crippen LogP contribution in [0.3, 0.4) is 0 Å². The number of nitrogens with zero attached hydrogens (tertiary/aromatic N) is 2. The van der Waals surface area contributed by atoms with Gasteiger partial charge in [0.05, 0.1) is 20.3 Å². The van der Waals surface area contributed by atoms with Gasteiger partial charge in [0, 0.05) is 39.7 Å². The maximum Gasteiger partial charge on any atom is 0.193 e. The van der Waals surface area contributed by atoms with Crippen molar-refractivity contribution in [1.82, 2.24) is 10.2 Å². The SMILES string of the molecule is CCOc1cc(CNC(=NC)N2CCC(COC)C2)ccc1OC.I. The molecule has 1 fully saturated rings. The van der Waals surface area contributed by atoms with Crippen molar-refractivity contribution in [2.45, 2.75) is 19.9 Å². The zero-order valence-electron chi connectivity index (χ0n) is 15.6. The summed E-state index contributed by atoms with van der Waals surface area (Å²) in [5, 5.41) is 3.44. The lowest BCUT2D eigenvalue weighted by atomic mass is 10.1. The molecule has 142 valence electrons. The topological polar surface area (TPSA) is 55.3 Å². The number of rotatable bonds is 7. The van der Waals surface area contributed by atoms with Crippen molar-refractivity contribution in [3.05, 3.63) is 23.8 Å². The third kappa shape index (κ3) is 6.22. The summed E-state index contributed by atoms with van der Waals surface area (Å²) in [5.74, 6) is 3.05. The van der Waals surface area contributed by atoms with E-state index in [9.17, 15) is 0 Å². The molecule has 1 saturated heterocycles. The van der Waals surface area contributed by atoms with Crippen LogP contribution in [0.5, 0.6) is 11.5 Å². The highest BCUT2D eigenvalue weighted by molar-refractivity contribution is 14.0. The molecule has 2 rings (SSSR count). The molecule has 6 nitrogen and oxygen atoms in total. The van der Waals surface area contributed by atoms with Gasteiger partial charge < -0.3 is 24.4 Å². The molecule has 1 N–H and O–H groups in total. The lowest BCUT2D eigenvalue weighted by Crippen LogP contribution is -2.39. The fraction of sp³-hybridized carbons (Fsp3) is 0.611. The quantitative estimate of drug-likeness (QED) is 0.383. The maximum absolute atomic E-state index is 5.64. The standard InChI is InChI=1S/C18H29N3O3.HI/c1-5-24-17-10-14(6-7-16(17)23-4)11-20-18(19-2)21-9-8-15(12-21)13-22-3;/h6-7,10,15H,5,8-9,11-13H2,1-4H3,(H,19,20);1H. The van der Waals surface area contributed by atoms with Gasteiger partial charge in [-0.05, 0) is 31.0 Å². The van der Waals surface area contributed by atoms with Crippen LogP contribution in [0.15, 0.2) is 23.2 Å². The molecule has 0 spiro atoms. The molecule has 1 unspecified atom stereocenters. The summed E-state index contributed by atoms with van der Waals surface area (Å²) < 4.78 is 16.2. The number of halogens is 1. The van der Waals surface area contributed by atoms with E-state index in [2.05, 4.69) is 15.2 Å². The molecule has 0 aliphatic carbocycles. The van der Waals surface area contributed by atoms with E-state index in [1.807, 2.05) is 32.2 Å². The summed E-state index contributed by atoms with van der Waals surface area (Å²) in [4.78, 5) is 6.70. The van der Waals surface area contributed by atoms with E-state index in [1.165, 1.54) is 0 Å². The Morgan fingerprint density at radius 2 is 2.12 bits per heavy atom. The van der Waals surface area contributed by atoms with Crippen LogP contribution >= 0.6 is 24.0 Å². The van der Waals surface area contributed by atoms with Crippen LogP contribution in [-0.2, 0) is 11.3 Å². The zero-order chi connectivity index (χ0) is 17.4. The van der Waals surface area contributed by atoms with Gasteiger partial charge in [-0.2, -0.15) is 0 Å². The Kier molecular flexibility index (Phi) is 9.96. The lowest BCUT2D eigenvalue weighted by molar-refractivity contribution is 0.157. The van der Waals surface area contributed by atoms with E-state index in [4.69, 9.17) is 14.2 Å². The molecule has 1 aromatic rings. The van der Waals surface area contributed by atoms with Crippen LogP contribution in [-0.4, -0.2) is 58.4 Å². The minimum Gasteiger partial charge on any atom is -0.493 e. The van der Waals surface area contributed by atoms with E-state index in [1.54, 1.807) is 14.2 Å². The largest absolute Gasteiger partial charge is 0.493 e. The third-order valence-corrected chi connectivity index (χ3v) is 4.18. The van der Waals surface area contributed by atoms with Gasteiger partial charge in [-0.3, -0.25) is 4.99 Å². The van der Waals surface area contributed by atoms with Gasteiger partial charge in [0.25, 0.3) is 0 Å². The van der Waals surface area contributed by atoms with Crippen LogP contribution < -0.4 is 14.8 Å². The number of methoxy groups -OCH3 is 2. The van der Waals surface area contributed by atoms with Crippen LogP contribution in [0.25, 0.3) is 0 Å². The van der Waals surface area contributed by atoms with Crippen molar-refractivity contribution < 1.29 is 14.2 Å². The van der Waals surface area contributed by atoms with Crippen molar-refractivity contribution in [3.8, 4) is 11.5 Å². The molecule has 0 aromatic heterocycles. The second-order valence-corrected chi connectivity index (χ2v) is 5.88. The number of aliphatic imine (C=N–C) groups is 1. The van der Waals surface area contributed by atoms with Crippen molar-refractivity contribution in [1.29, 1.82) is 0 Å². The second-order valence-electron chi connectivity index (χ2n) is 5.88. The Morgan fingerprint density at radius 1 is 1.32 bits per heavy atom. The first-order valence-electron chi connectivity index (χ1n) is 8.46. The minimum absolute atomic E-state index is 0. The van der Waals surface area contributed by atoms with Gasteiger partial charge in [0.2, 0.25) is 0 Å². The third-order valence-electron chi connectivity index (χ3n) is 4.18. The monoisotopic (exact) mass is 463 g/mol. The normalized spacial score (nSPS) is 17.2.